The summed E-state index contributed by atoms with van der Waals surface area (Å²) in [6.07, 6.45) is 4.32. The van der Waals surface area contributed by atoms with E-state index < -0.39 is 0 Å². The third-order valence-corrected chi connectivity index (χ3v) is 6.15. The highest BCUT2D eigenvalue weighted by atomic mass is 16.5. The maximum atomic E-state index is 12.6. The number of hydrogen-bond donors (Lipinski definition) is 1. The van der Waals surface area contributed by atoms with E-state index in [-0.39, 0.29) is 18.0 Å². The highest BCUT2D eigenvalue weighted by Gasteiger charge is 2.27. The van der Waals surface area contributed by atoms with Crippen LogP contribution in [0.2, 0.25) is 0 Å². The fourth-order valence-corrected chi connectivity index (χ4v) is 4.45. The number of aromatic nitrogens is 2. The number of carbonyl (C=O) groups is 1. The second kappa shape index (κ2) is 9.72. The van der Waals surface area contributed by atoms with E-state index in [2.05, 4.69) is 21.5 Å². The zero-order valence-corrected chi connectivity index (χ0v) is 19.7. The normalized spacial score (nSPS) is 17.0. The SMILES string of the molecule is CC(C)Oc1ccc(-c2nc(-c3cccc4c3CC=C4OC(=O)C3CCCNC3)no2)cc1C#N. The average Bonchev–Trinajstić information content (AvgIpc) is 3.52. The van der Waals surface area contributed by atoms with Crippen LogP contribution in [-0.2, 0) is 16.0 Å². The molecule has 1 aliphatic heterocycles. The summed E-state index contributed by atoms with van der Waals surface area (Å²) in [4.78, 5) is 17.2. The molecule has 0 saturated carbocycles. The number of nitriles is 1. The molecule has 1 aliphatic carbocycles. The van der Waals surface area contributed by atoms with Crippen molar-refractivity contribution in [2.24, 2.45) is 5.92 Å². The van der Waals surface area contributed by atoms with Crippen molar-refractivity contribution in [3.8, 4) is 34.7 Å². The van der Waals surface area contributed by atoms with E-state index in [0.29, 0.717) is 47.3 Å². The molecule has 1 aromatic heterocycles. The van der Waals surface area contributed by atoms with Gasteiger partial charge in [0.25, 0.3) is 5.89 Å². The predicted octanol–water partition coefficient (Wildman–Crippen LogP) is 4.50. The molecular weight excluding hydrogens is 444 g/mol. The summed E-state index contributed by atoms with van der Waals surface area (Å²) in [7, 11) is 0. The summed E-state index contributed by atoms with van der Waals surface area (Å²) >= 11 is 0. The van der Waals surface area contributed by atoms with Gasteiger partial charge >= 0.3 is 5.97 Å². The van der Waals surface area contributed by atoms with Crippen LogP contribution in [-0.4, -0.2) is 35.3 Å². The molecule has 2 aromatic carbocycles. The predicted molar refractivity (Wildman–Crippen MR) is 129 cm³/mol. The molecule has 1 saturated heterocycles. The summed E-state index contributed by atoms with van der Waals surface area (Å²) < 4.78 is 17.0. The Hall–Kier alpha value is -3.96. The van der Waals surface area contributed by atoms with Crippen LogP contribution in [0.25, 0.3) is 28.6 Å². The Morgan fingerprint density at radius 3 is 2.89 bits per heavy atom. The van der Waals surface area contributed by atoms with Gasteiger partial charge in [0.05, 0.1) is 17.6 Å². The minimum Gasteiger partial charge on any atom is -0.490 e. The van der Waals surface area contributed by atoms with Crippen molar-refractivity contribution in [1.82, 2.24) is 15.5 Å². The number of piperidine rings is 1. The van der Waals surface area contributed by atoms with Crippen LogP contribution in [0, 0.1) is 17.2 Å². The van der Waals surface area contributed by atoms with Gasteiger partial charge in [-0.2, -0.15) is 10.2 Å². The molecule has 178 valence electrons. The Bertz CT molecular complexity index is 1330. The first-order chi connectivity index (χ1) is 17.0. The molecule has 0 spiro atoms. The topological polar surface area (TPSA) is 110 Å². The molecule has 1 fully saturated rings. The number of nitrogens with one attached hydrogen (secondary N) is 1. The van der Waals surface area contributed by atoms with E-state index in [1.807, 2.05) is 38.1 Å². The van der Waals surface area contributed by atoms with Crippen molar-refractivity contribution in [1.29, 1.82) is 5.26 Å². The third kappa shape index (κ3) is 4.68. The van der Waals surface area contributed by atoms with Gasteiger partial charge < -0.3 is 19.3 Å². The lowest BCUT2D eigenvalue weighted by Crippen LogP contribution is -2.35. The quantitative estimate of drug-likeness (QED) is 0.524. The lowest BCUT2D eigenvalue weighted by atomic mass is 10.00. The molecule has 0 radical (unpaired) electrons. The van der Waals surface area contributed by atoms with Crippen molar-refractivity contribution in [2.75, 3.05) is 13.1 Å². The highest BCUT2D eigenvalue weighted by molar-refractivity contribution is 5.84. The molecule has 1 unspecified atom stereocenters. The molecule has 5 rings (SSSR count). The lowest BCUT2D eigenvalue weighted by Gasteiger charge is -2.21. The molecule has 8 nitrogen and oxygen atoms in total. The zero-order chi connectivity index (χ0) is 24.4. The Balaban J connectivity index is 1.37. The standard InChI is InChI=1S/C27H26N4O4/c1-16(2)33-23-10-8-17(13-19(23)14-28)26-30-25(31-35-26)22-7-3-6-21-20(22)9-11-24(21)34-27(32)18-5-4-12-29-15-18/h3,6-8,10-11,13,16,18,29H,4-5,9,12,15H2,1-2H3. The number of benzene rings is 2. The molecular formula is C27H26N4O4. The van der Waals surface area contributed by atoms with Gasteiger partial charge in [0, 0.05) is 23.2 Å². The Morgan fingerprint density at radius 1 is 1.26 bits per heavy atom. The van der Waals surface area contributed by atoms with Gasteiger partial charge in [0.15, 0.2) is 0 Å². The van der Waals surface area contributed by atoms with E-state index in [1.165, 1.54) is 0 Å². The molecule has 2 aliphatic rings. The van der Waals surface area contributed by atoms with Crippen LogP contribution in [0.4, 0.5) is 0 Å². The maximum Gasteiger partial charge on any atom is 0.315 e. The van der Waals surface area contributed by atoms with Crippen molar-refractivity contribution in [2.45, 2.75) is 39.2 Å². The van der Waals surface area contributed by atoms with Crippen LogP contribution >= 0.6 is 0 Å². The van der Waals surface area contributed by atoms with Crippen LogP contribution in [0.15, 0.2) is 47.0 Å². The molecule has 1 N–H and O–H groups in total. The van der Waals surface area contributed by atoms with Crippen molar-refractivity contribution in [3.63, 3.8) is 0 Å². The van der Waals surface area contributed by atoms with E-state index in [1.54, 1.807) is 18.2 Å². The van der Waals surface area contributed by atoms with Gasteiger partial charge in [-0.25, -0.2) is 0 Å². The fraction of sp³-hybridized carbons (Fsp3) is 0.333. The van der Waals surface area contributed by atoms with Crippen LogP contribution in [0.5, 0.6) is 5.75 Å². The van der Waals surface area contributed by atoms with Gasteiger partial charge in [0.2, 0.25) is 5.82 Å². The summed E-state index contributed by atoms with van der Waals surface area (Å²) in [5.41, 5.74) is 3.72. The highest BCUT2D eigenvalue weighted by Crippen LogP contribution is 2.36. The molecule has 8 heteroatoms. The average molecular weight is 471 g/mol. The van der Waals surface area contributed by atoms with Gasteiger partial charge in [-0.15, -0.1) is 0 Å². The minimum absolute atomic E-state index is 0.0414. The summed E-state index contributed by atoms with van der Waals surface area (Å²) in [6.45, 7) is 5.42. The van der Waals surface area contributed by atoms with Crippen LogP contribution < -0.4 is 10.1 Å². The lowest BCUT2D eigenvalue weighted by molar-refractivity contribution is -0.141. The molecule has 1 atom stereocenters. The smallest absolute Gasteiger partial charge is 0.315 e. The number of ether oxygens (including phenoxy) is 2. The van der Waals surface area contributed by atoms with Crippen molar-refractivity contribution in [3.05, 3.63) is 59.2 Å². The fourth-order valence-electron chi connectivity index (χ4n) is 4.45. The van der Waals surface area contributed by atoms with E-state index >= 15 is 0 Å². The first-order valence-corrected chi connectivity index (χ1v) is 11.8. The largest absolute Gasteiger partial charge is 0.490 e. The zero-order valence-electron chi connectivity index (χ0n) is 19.7. The number of esters is 1. The molecule has 3 aromatic rings. The Morgan fingerprint density at radius 2 is 2.11 bits per heavy atom. The van der Waals surface area contributed by atoms with E-state index in [0.717, 1.165) is 36.1 Å². The summed E-state index contributed by atoms with van der Waals surface area (Å²) in [6, 6.07) is 13.1. The molecule has 2 heterocycles. The first-order valence-electron chi connectivity index (χ1n) is 11.8. The van der Waals surface area contributed by atoms with E-state index in [4.69, 9.17) is 14.0 Å². The Labute approximate surface area is 203 Å². The number of hydrogen-bond acceptors (Lipinski definition) is 8. The van der Waals surface area contributed by atoms with Gasteiger partial charge in [-0.3, -0.25) is 4.79 Å². The third-order valence-electron chi connectivity index (χ3n) is 6.15. The number of fused-ring (bicyclic) bond motifs is 1. The van der Waals surface area contributed by atoms with Crippen molar-refractivity contribution >= 4 is 11.7 Å². The van der Waals surface area contributed by atoms with Crippen LogP contribution in [0.1, 0.15) is 43.4 Å². The van der Waals surface area contributed by atoms with Gasteiger partial charge in [0.1, 0.15) is 17.6 Å². The molecule has 35 heavy (non-hydrogen) atoms. The minimum atomic E-state index is -0.193. The summed E-state index contributed by atoms with van der Waals surface area (Å²) in [5.74, 6) is 1.54. The second-order valence-electron chi connectivity index (χ2n) is 8.98. The molecule has 0 bridgehead atoms. The van der Waals surface area contributed by atoms with Gasteiger partial charge in [-0.05, 0) is 69.5 Å². The monoisotopic (exact) mass is 470 g/mol. The summed E-state index contributed by atoms with van der Waals surface area (Å²) in [5, 5.41) is 17.0. The van der Waals surface area contributed by atoms with Gasteiger partial charge in [-0.1, -0.05) is 23.4 Å². The van der Waals surface area contributed by atoms with E-state index in [9.17, 15) is 10.1 Å². The number of allylic oxidation sites excluding steroid dienone is 1. The second-order valence-corrected chi connectivity index (χ2v) is 8.98. The first kappa shape index (κ1) is 22.8. The maximum absolute atomic E-state index is 12.6. The number of rotatable bonds is 6. The number of carbonyl (C=O) groups excluding carboxylic acids is 1. The Kier molecular flexibility index (Phi) is 6.34. The molecule has 0 amide bonds. The van der Waals surface area contributed by atoms with Crippen LogP contribution in [0.3, 0.4) is 0 Å². The number of nitrogens with zero attached hydrogens (tertiary/aromatic N) is 3. The van der Waals surface area contributed by atoms with Crippen molar-refractivity contribution < 1.29 is 18.8 Å².